The Hall–Kier alpha value is -1.36. The van der Waals surface area contributed by atoms with Crippen LogP contribution >= 0.6 is 11.6 Å². The van der Waals surface area contributed by atoms with E-state index in [4.69, 9.17) is 17.3 Å². The van der Waals surface area contributed by atoms with Gasteiger partial charge in [0.05, 0.1) is 5.56 Å². The Morgan fingerprint density at radius 2 is 2.32 bits per heavy atom. The first-order valence-electron chi connectivity index (χ1n) is 6.53. The summed E-state index contributed by atoms with van der Waals surface area (Å²) in [4.78, 5) is 13.6. The van der Waals surface area contributed by atoms with Crippen LogP contribution < -0.4 is 10.6 Å². The number of amides is 1. The lowest BCUT2D eigenvalue weighted by Gasteiger charge is -2.40. The number of hydrogen-bond acceptors (Lipinski definition) is 4. The molecule has 5 nitrogen and oxygen atoms in total. The number of halogens is 1. The van der Waals surface area contributed by atoms with Gasteiger partial charge in [-0.3, -0.25) is 4.79 Å². The molecule has 0 spiro atoms. The number of rotatable bonds is 3. The van der Waals surface area contributed by atoms with Crippen LogP contribution in [0.4, 0.5) is 5.82 Å². The van der Waals surface area contributed by atoms with Crippen molar-refractivity contribution >= 4 is 23.3 Å². The molecule has 0 aliphatic carbocycles. The molecule has 6 heteroatoms. The van der Waals surface area contributed by atoms with Gasteiger partial charge in [0.25, 0.3) is 5.91 Å². The van der Waals surface area contributed by atoms with Crippen LogP contribution in [0.1, 0.15) is 43.5 Å². The van der Waals surface area contributed by atoms with Crippen molar-refractivity contribution in [2.75, 3.05) is 18.0 Å². The lowest BCUT2D eigenvalue weighted by molar-refractivity contribution is 0.1000. The highest BCUT2D eigenvalue weighted by Crippen LogP contribution is 2.35. The van der Waals surface area contributed by atoms with E-state index in [1.54, 1.807) is 0 Å². The zero-order chi connectivity index (χ0) is 14.0. The average Bonchev–Trinajstić information content (AvgIpc) is 2.38. The van der Waals surface area contributed by atoms with Crippen molar-refractivity contribution in [2.24, 2.45) is 11.1 Å². The van der Waals surface area contributed by atoms with E-state index in [2.05, 4.69) is 28.9 Å². The summed E-state index contributed by atoms with van der Waals surface area (Å²) >= 11 is 5.78. The lowest BCUT2D eigenvalue weighted by Crippen LogP contribution is -2.42. The van der Waals surface area contributed by atoms with Gasteiger partial charge in [-0.1, -0.05) is 25.4 Å². The maximum atomic E-state index is 11.5. The molecule has 19 heavy (non-hydrogen) atoms. The monoisotopic (exact) mass is 282 g/mol. The average molecular weight is 283 g/mol. The summed E-state index contributed by atoms with van der Waals surface area (Å²) in [7, 11) is 0. The van der Waals surface area contributed by atoms with E-state index in [-0.39, 0.29) is 10.6 Å². The molecule has 1 aromatic heterocycles. The number of carbonyl (C=O) groups is 1. The van der Waals surface area contributed by atoms with E-state index < -0.39 is 5.91 Å². The second-order valence-corrected chi connectivity index (χ2v) is 5.85. The van der Waals surface area contributed by atoms with Crippen LogP contribution in [0.3, 0.4) is 0 Å². The molecule has 0 saturated carbocycles. The van der Waals surface area contributed by atoms with Gasteiger partial charge in [-0.05, 0) is 30.7 Å². The zero-order valence-corrected chi connectivity index (χ0v) is 12.1. The molecule has 104 valence electrons. The van der Waals surface area contributed by atoms with Gasteiger partial charge in [0, 0.05) is 13.1 Å². The zero-order valence-electron chi connectivity index (χ0n) is 11.3. The van der Waals surface area contributed by atoms with E-state index in [0.717, 1.165) is 25.9 Å². The third-order valence-corrected chi connectivity index (χ3v) is 4.13. The van der Waals surface area contributed by atoms with Crippen LogP contribution in [-0.4, -0.2) is 29.2 Å². The first kappa shape index (κ1) is 14.1. The first-order valence-corrected chi connectivity index (χ1v) is 6.91. The van der Waals surface area contributed by atoms with E-state index >= 15 is 0 Å². The van der Waals surface area contributed by atoms with Crippen molar-refractivity contribution in [2.45, 2.75) is 33.1 Å². The Balaban J connectivity index is 2.33. The topological polar surface area (TPSA) is 72.1 Å². The molecule has 1 aliphatic heterocycles. The first-order chi connectivity index (χ1) is 8.95. The summed E-state index contributed by atoms with van der Waals surface area (Å²) in [6, 6.07) is 1.49. The molecule has 1 aromatic rings. The van der Waals surface area contributed by atoms with Crippen LogP contribution in [-0.2, 0) is 0 Å². The highest BCUT2D eigenvalue weighted by atomic mass is 35.5. The second-order valence-electron chi connectivity index (χ2n) is 5.46. The summed E-state index contributed by atoms with van der Waals surface area (Å²) in [6.45, 7) is 6.17. The van der Waals surface area contributed by atoms with Gasteiger partial charge in [0.1, 0.15) is 0 Å². The normalized spacial score (nSPS) is 23.4. The third-order valence-electron chi connectivity index (χ3n) is 3.94. The number of nitrogens with zero attached hydrogens (tertiary/aromatic N) is 3. The molecule has 0 bridgehead atoms. The van der Waals surface area contributed by atoms with E-state index in [1.807, 2.05) is 0 Å². The standard InChI is InChI=1S/C13H19ClN4O/c1-3-13(2)5-4-6-18(8-13)12-9(11(15)19)7-10(14)16-17-12/h7H,3-6,8H2,1-2H3,(H2,15,19). The van der Waals surface area contributed by atoms with Gasteiger partial charge in [-0.25, -0.2) is 0 Å². The molecule has 1 fully saturated rings. The maximum absolute atomic E-state index is 11.5. The van der Waals surface area contributed by atoms with E-state index in [0.29, 0.717) is 11.4 Å². The summed E-state index contributed by atoms with van der Waals surface area (Å²) in [6.07, 6.45) is 3.36. The summed E-state index contributed by atoms with van der Waals surface area (Å²) in [5, 5.41) is 8.09. The number of primary amides is 1. The number of piperidine rings is 1. The van der Waals surface area contributed by atoms with Crippen molar-refractivity contribution in [3.63, 3.8) is 0 Å². The summed E-state index contributed by atoms with van der Waals surface area (Å²) < 4.78 is 0. The van der Waals surface area contributed by atoms with E-state index in [1.165, 1.54) is 12.5 Å². The molecular weight excluding hydrogens is 264 g/mol. The van der Waals surface area contributed by atoms with Crippen LogP contribution in [0.25, 0.3) is 0 Å². The fourth-order valence-electron chi connectivity index (χ4n) is 2.56. The second kappa shape index (κ2) is 5.33. The fourth-order valence-corrected chi connectivity index (χ4v) is 2.71. The Morgan fingerprint density at radius 3 is 2.95 bits per heavy atom. The van der Waals surface area contributed by atoms with Gasteiger partial charge < -0.3 is 10.6 Å². The predicted octanol–water partition coefficient (Wildman–Crippen LogP) is 2.25. The highest BCUT2D eigenvalue weighted by molar-refractivity contribution is 6.29. The van der Waals surface area contributed by atoms with Crippen LogP contribution in [0, 0.1) is 5.41 Å². The van der Waals surface area contributed by atoms with Gasteiger partial charge in [0.15, 0.2) is 11.0 Å². The molecular formula is C13H19ClN4O. The SMILES string of the molecule is CCC1(C)CCCN(c2nnc(Cl)cc2C(N)=O)C1. The molecule has 1 unspecified atom stereocenters. The number of carbonyl (C=O) groups excluding carboxylic acids is 1. The van der Waals surface area contributed by atoms with Gasteiger partial charge in [-0.2, -0.15) is 0 Å². The Kier molecular flexibility index (Phi) is 3.94. The van der Waals surface area contributed by atoms with Crippen molar-refractivity contribution in [1.29, 1.82) is 0 Å². The maximum Gasteiger partial charge on any atom is 0.252 e. The van der Waals surface area contributed by atoms with Crippen molar-refractivity contribution in [1.82, 2.24) is 10.2 Å². The van der Waals surface area contributed by atoms with Crippen LogP contribution in [0.5, 0.6) is 0 Å². The molecule has 1 aliphatic rings. The number of anilines is 1. The largest absolute Gasteiger partial charge is 0.365 e. The predicted molar refractivity (Wildman–Crippen MR) is 75.4 cm³/mol. The van der Waals surface area contributed by atoms with Gasteiger partial charge in [-0.15, -0.1) is 10.2 Å². The summed E-state index contributed by atoms with van der Waals surface area (Å²) in [5.74, 6) is 0.0341. The third kappa shape index (κ3) is 2.97. The molecule has 2 heterocycles. The summed E-state index contributed by atoms with van der Waals surface area (Å²) in [5.41, 5.74) is 5.99. The molecule has 2 rings (SSSR count). The Labute approximate surface area is 118 Å². The minimum absolute atomic E-state index is 0.188. The van der Waals surface area contributed by atoms with Gasteiger partial charge in [0.2, 0.25) is 0 Å². The number of hydrogen-bond donors (Lipinski definition) is 1. The van der Waals surface area contributed by atoms with Crippen molar-refractivity contribution in [3.05, 3.63) is 16.8 Å². The lowest BCUT2D eigenvalue weighted by atomic mass is 9.79. The van der Waals surface area contributed by atoms with Crippen LogP contribution in [0.2, 0.25) is 5.15 Å². The molecule has 0 radical (unpaired) electrons. The number of aromatic nitrogens is 2. The van der Waals surface area contributed by atoms with Crippen molar-refractivity contribution in [3.8, 4) is 0 Å². The van der Waals surface area contributed by atoms with Crippen LogP contribution in [0.15, 0.2) is 6.07 Å². The smallest absolute Gasteiger partial charge is 0.252 e. The molecule has 1 saturated heterocycles. The minimum atomic E-state index is -0.518. The van der Waals surface area contributed by atoms with Crippen molar-refractivity contribution < 1.29 is 4.79 Å². The Bertz CT molecular complexity index is 494. The van der Waals surface area contributed by atoms with E-state index in [9.17, 15) is 4.79 Å². The molecule has 1 amide bonds. The fraction of sp³-hybridized carbons (Fsp3) is 0.615. The quantitative estimate of drug-likeness (QED) is 0.923. The molecule has 1 atom stereocenters. The molecule has 2 N–H and O–H groups in total. The highest BCUT2D eigenvalue weighted by Gasteiger charge is 2.31. The number of nitrogens with two attached hydrogens (primary N) is 1. The molecule has 0 aromatic carbocycles. The minimum Gasteiger partial charge on any atom is -0.365 e. The Morgan fingerprint density at radius 1 is 1.58 bits per heavy atom. The van der Waals surface area contributed by atoms with Gasteiger partial charge >= 0.3 is 0 Å².